The van der Waals surface area contributed by atoms with E-state index >= 15 is 0 Å². The lowest BCUT2D eigenvalue weighted by Gasteiger charge is -2.25. The molecular formula is C39H41Cl2NO8. The van der Waals surface area contributed by atoms with Gasteiger partial charge in [0.05, 0.1) is 6.10 Å². The topological polar surface area (TPSA) is 128 Å². The van der Waals surface area contributed by atoms with Crippen LogP contribution in [0.15, 0.2) is 97.1 Å². The monoisotopic (exact) mass is 721 g/mol. The Balaban J connectivity index is 0.000000270. The van der Waals surface area contributed by atoms with E-state index < -0.39 is 23.1 Å². The van der Waals surface area contributed by atoms with E-state index in [9.17, 15) is 19.2 Å². The van der Waals surface area contributed by atoms with Gasteiger partial charge in [-0.15, -0.1) is 0 Å². The predicted molar refractivity (Wildman–Crippen MR) is 194 cm³/mol. The van der Waals surface area contributed by atoms with Crippen molar-refractivity contribution in [3.05, 3.63) is 129 Å². The van der Waals surface area contributed by atoms with E-state index in [1.807, 2.05) is 12.1 Å². The lowest BCUT2D eigenvalue weighted by Crippen LogP contribution is -2.40. The van der Waals surface area contributed by atoms with Crippen LogP contribution in [0.3, 0.4) is 0 Å². The van der Waals surface area contributed by atoms with Crippen molar-refractivity contribution in [3.63, 3.8) is 0 Å². The number of carboxylic acids is 1. The number of ether oxygens (including phenoxy) is 3. The Morgan fingerprint density at radius 2 is 1.08 bits per heavy atom. The Hall–Kier alpha value is -4.86. The van der Waals surface area contributed by atoms with E-state index in [0.29, 0.717) is 51.2 Å². The van der Waals surface area contributed by atoms with Gasteiger partial charge in [-0.2, -0.15) is 0 Å². The van der Waals surface area contributed by atoms with E-state index in [4.69, 9.17) is 42.5 Å². The molecule has 1 amide bonds. The van der Waals surface area contributed by atoms with E-state index in [2.05, 4.69) is 5.32 Å². The van der Waals surface area contributed by atoms with Gasteiger partial charge < -0.3 is 24.6 Å². The maximum Gasteiger partial charge on any atom is 0.350 e. The minimum atomic E-state index is -1.28. The Labute approximate surface area is 302 Å². The van der Waals surface area contributed by atoms with Gasteiger partial charge in [-0.05, 0) is 138 Å². The number of amides is 1. The first-order chi connectivity index (χ1) is 23.5. The van der Waals surface area contributed by atoms with Crippen molar-refractivity contribution in [2.75, 3.05) is 6.54 Å². The largest absolute Gasteiger partial charge is 0.478 e. The van der Waals surface area contributed by atoms with Crippen LogP contribution in [0.4, 0.5) is 0 Å². The van der Waals surface area contributed by atoms with Gasteiger partial charge >= 0.3 is 11.9 Å². The fourth-order valence-electron chi connectivity index (χ4n) is 4.22. The maximum atomic E-state index is 12.4. The third-order valence-corrected chi connectivity index (χ3v) is 7.55. The summed E-state index contributed by atoms with van der Waals surface area (Å²) in [5.41, 5.74) is 0.247. The fraction of sp³-hybridized carbons (Fsp3) is 0.282. The summed E-state index contributed by atoms with van der Waals surface area (Å²) in [6, 6.07) is 27.2. The zero-order chi connectivity index (χ0) is 37.1. The molecular weight excluding hydrogens is 681 g/mol. The molecule has 0 saturated heterocycles. The molecule has 50 heavy (non-hydrogen) atoms. The highest BCUT2D eigenvalue weighted by molar-refractivity contribution is 6.31. The number of carboxylic acid groups (broad SMARTS) is 1. The second-order valence-corrected chi connectivity index (χ2v) is 13.4. The fourth-order valence-corrected chi connectivity index (χ4v) is 4.47. The van der Waals surface area contributed by atoms with Gasteiger partial charge in [0.15, 0.2) is 17.0 Å². The molecule has 264 valence electrons. The number of esters is 1. The SMILES string of the molecule is CC(C)(Oc1ccc(CCNC(=O)c2ccc(Cl)cc2)cc1)C(=O)O.CC(C)OC(=O)C(C)(C)Oc1ccc(C(=O)c2ccc(Cl)cc2)cc1. The molecule has 0 atom stereocenters. The molecule has 0 bridgehead atoms. The molecule has 9 nitrogen and oxygen atoms in total. The van der Waals surface area contributed by atoms with E-state index in [0.717, 1.165) is 5.56 Å². The number of carbonyl (C=O) groups excluding carboxylic acids is 3. The summed E-state index contributed by atoms with van der Waals surface area (Å²) in [6.07, 6.45) is 0.441. The number of rotatable bonds is 13. The number of ketones is 1. The summed E-state index contributed by atoms with van der Waals surface area (Å²) >= 11 is 11.6. The summed E-state index contributed by atoms with van der Waals surface area (Å²) in [7, 11) is 0. The quantitative estimate of drug-likeness (QED) is 0.104. The van der Waals surface area contributed by atoms with Gasteiger partial charge in [-0.1, -0.05) is 35.3 Å². The van der Waals surface area contributed by atoms with Gasteiger partial charge in [0.25, 0.3) is 5.91 Å². The molecule has 0 aliphatic rings. The standard InChI is InChI=1S/C20H21ClO4.C19H20ClNO4/c1-13(2)24-19(23)20(3,4)25-17-11-7-15(8-12-17)18(22)14-5-9-16(21)10-6-14;1-19(2,18(23)24)25-16-9-3-13(4-10-16)11-12-21-17(22)14-5-7-15(20)8-6-14/h5-13H,1-4H3;3-10H,11-12H2,1-2H3,(H,21,22)(H,23,24). The molecule has 0 saturated carbocycles. The summed E-state index contributed by atoms with van der Waals surface area (Å²) < 4.78 is 16.4. The van der Waals surface area contributed by atoms with Gasteiger partial charge in [-0.25, -0.2) is 9.59 Å². The molecule has 4 aromatic rings. The van der Waals surface area contributed by atoms with Crippen LogP contribution < -0.4 is 14.8 Å². The number of carbonyl (C=O) groups is 4. The van der Waals surface area contributed by atoms with Crippen molar-refractivity contribution in [1.29, 1.82) is 0 Å². The number of nitrogens with one attached hydrogen (secondary N) is 1. The first-order valence-corrected chi connectivity index (χ1v) is 16.6. The normalized spacial score (nSPS) is 11.1. The van der Waals surface area contributed by atoms with Crippen molar-refractivity contribution in [1.82, 2.24) is 5.32 Å². The second kappa shape index (κ2) is 17.7. The molecule has 0 spiro atoms. The van der Waals surface area contributed by atoms with E-state index in [1.54, 1.807) is 113 Å². The molecule has 11 heteroatoms. The summed E-state index contributed by atoms with van der Waals surface area (Å²) in [5.74, 6) is -0.758. The zero-order valence-corrected chi connectivity index (χ0v) is 30.3. The van der Waals surface area contributed by atoms with Crippen molar-refractivity contribution in [2.24, 2.45) is 0 Å². The van der Waals surface area contributed by atoms with Crippen LogP contribution in [-0.4, -0.2) is 52.6 Å². The lowest BCUT2D eigenvalue weighted by atomic mass is 10.0. The highest BCUT2D eigenvalue weighted by Crippen LogP contribution is 2.23. The number of aliphatic carboxylic acids is 1. The molecule has 0 aliphatic carbocycles. The Bertz CT molecular complexity index is 1750. The van der Waals surface area contributed by atoms with Crippen LogP contribution in [-0.2, 0) is 20.7 Å². The number of benzene rings is 4. The molecule has 2 N–H and O–H groups in total. The number of halogens is 2. The predicted octanol–water partition coefficient (Wildman–Crippen LogP) is 8.23. The van der Waals surface area contributed by atoms with Crippen molar-refractivity contribution >= 4 is 46.8 Å². The summed E-state index contributed by atoms with van der Waals surface area (Å²) in [6.45, 7) is 10.3. The van der Waals surface area contributed by atoms with Crippen LogP contribution >= 0.6 is 23.2 Å². The average molecular weight is 723 g/mol. The third kappa shape index (κ3) is 12.2. The molecule has 0 unspecified atom stereocenters. The molecule has 0 radical (unpaired) electrons. The Morgan fingerprint density at radius 3 is 1.54 bits per heavy atom. The van der Waals surface area contributed by atoms with Crippen LogP contribution in [0, 0.1) is 0 Å². The zero-order valence-electron chi connectivity index (χ0n) is 28.8. The van der Waals surface area contributed by atoms with Crippen molar-refractivity contribution in [3.8, 4) is 11.5 Å². The van der Waals surface area contributed by atoms with Gasteiger partial charge in [0.1, 0.15) is 11.5 Å². The van der Waals surface area contributed by atoms with Gasteiger partial charge in [-0.3, -0.25) is 9.59 Å². The Kier molecular flexibility index (Phi) is 14.0. The van der Waals surface area contributed by atoms with Gasteiger partial charge in [0.2, 0.25) is 0 Å². The van der Waals surface area contributed by atoms with E-state index in [1.165, 1.54) is 13.8 Å². The van der Waals surface area contributed by atoms with Gasteiger partial charge in [0, 0.05) is 33.3 Å². The average Bonchev–Trinajstić information content (AvgIpc) is 3.06. The number of hydrogen-bond donors (Lipinski definition) is 2. The van der Waals surface area contributed by atoms with E-state index in [-0.39, 0.29) is 17.8 Å². The van der Waals surface area contributed by atoms with Crippen LogP contribution in [0.25, 0.3) is 0 Å². The third-order valence-electron chi connectivity index (χ3n) is 7.05. The summed E-state index contributed by atoms with van der Waals surface area (Å²) in [4.78, 5) is 47.5. The molecule has 0 aliphatic heterocycles. The van der Waals surface area contributed by atoms with Crippen molar-refractivity contribution < 1.29 is 38.5 Å². The Morgan fingerprint density at radius 1 is 0.660 bits per heavy atom. The second-order valence-electron chi connectivity index (χ2n) is 12.5. The smallest absolute Gasteiger partial charge is 0.350 e. The first kappa shape index (κ1) is 39.6. The molecule has 0 heterocycles. The minimum absolute atomic E-state index is 0.110. The van der Waals surface area contributed by atoms with Crippen LogP contribution in [0.5, 0.6) is 11.5 Å². The first-order valence-electron chi connectivity index (χ1n) is 15.8. The maximum absolute atomic E-state index is 12.4. The van der Waals surface area contributed by atoms with Crippen molar-refractivity contribution in [2.45, 2.75) is 65.3 Å². The molecule has 4 aromatic carbocycles. The molecule has 0 fully saturated rings. The minimum Gasteiger partial charge on any atom is -0.478 e. The number of hydrogen-bond acceptors (Lipinski definition) is 7. The lowest BCUT2D eigenvalue weighted by molar-refractivity contribution is -0.163. The van der Waals surface area contributed by atoms with Crippen LogP contribution in [0.1, 0.15) is 73.4 Å². The van der Waals surface area contributed by atoms with Crippen LogP contribution in [0.2, 0.25) is 10.0 Å². The highest BCUT2D eigenvalue weighted by atomic mass is 35.5. The molecule has 4 rings (SSSR count). The molecule has 0 aromatic heterocycles. The summed E-state index contributed by atoms with van der Waals surface area (Å²) in [5, 5.41) is 13.1. The highest BCUT2D eigenvalue weighted by Gasteiger charge is 2.32.